The van der Waals surface area contributed by atoms with Crippen molar-refractivity contribution in [2.45, 2.75) is 20.0 Å². The van der Waals surface area contributed by atoms with E-state index in [1.165, 1.54) is 0 Å². The molecule has 0 aliphatic rings. The molecule has 7 heteroatoms. The van der Waals surface area contributed by atoms with Crippen molar-refractivity contribution in [2.75, 3.05) is 7.05 Å². The number of pyridine rings is 1. The van der Waals surface area contributed by atoms with Crippen LogP contribution in [0.5, 0.6) is 0 Å². The number of hydrogen-bond acceptors (Lipinski definition) is 4. The van der Waals surface area contributed by atoms with Crippen LogP contribution in [-0.4, -0.2) is 27.4 Å². The van der Waals surface area contributed by atoms with E-state index in [1.54, 1.807) is 18.4 Å². The Hall–Kier alpha value is -2.41. The summed E-state index contributed by atoms with van der Waals surface area (Å²) in [6.45, 7) is 3.29. The first-order valence-corrected chi connectivity index (χ1v) is 7.90. The van der Waals surface area contributed by atoms with E-state index in [4.69, 9.17) is 0 Å². The van der Waals surface area contributed by atoms with Crippen LogP contribution in [0.2, 0.25) is 0 Å². The lowest BCUT2D eigenvalue weighted by molar-refractivity contribution is 0.794. The van der Waals surface area contributed by atoms with E-state index >= 15 is 0 Å². The standard InChI is InChI=1S/C15H18N6S/c1-11-10-22-14(19-11)8-18-15(16-2)17-7-12-9-21-6-4-3-5-13(21)20-12/h3-6,9-10H,7-8H2,1-2H3,(H2,16,17,18). The van der Waals surface area contributed by atoms with Gasteiger partial charge in [0.15, 0.2) is 5.96 Å². The van der Waals surface area contributed by atoms with Gasteiger partial charge >= 0.3 is 0 Å². The fourth-order valence-electron chi connectivity index (χ4n) is 2.11. The highest BCUT2D eigenvalue weighted by atomic mass is 32.1. The number of imidazole rings is 1. The van der Waals surface area contributed by atoms with Crippen molar-refractivity contribution >= 4 is 22.9 Å². The molecule has 0 spiro atoms. The van der Waals surface area contributed by atoms with Crippen molar-refractivity contribution in [3.8, 4) is 0 Å². The SMILES string of the molecule is CN=C(NCc1cn2ccccc2n1)NCc1nc(C)cs1. The van der Waals surface area contributed by atoms with Crippen LogP contribution >= 0.6 is 11.3 Å². The molecule has 0 unspecified atom stereocenters. The molecular formula is C15H18N6S. The molecule has 3 aromatic rings. The number of guanidine groups is 1. The molecule has 6 nitrogen and oxygen atoms in total. The highest BCUT2D eigenvalue weighted by Crippen LogP contribution is 2.08. The van der Waals surface area contributed by atoms with Crippen molar-refractivity contribution in [3.63, 3.8) is 0 Å². The second-order valence-electron chi connectivity index (χ2n) is 4.86. The highest BCUT2D eigenvalue weighted by Gasteiger charge is 2.04. The Labute approximate surface area is 133 Å². The van der Waals surface area contributed by atoms with Crippen molar-refractivity contribution in [2.24, 2.45) is 4.99 Å². The minimum Gasteiger partial charge on any atom is -0.351 e. The van der Waals surface area contributed by atoms with Crippen molar-refractivity contribution in [1.29, 1.82) is 0 Å². The van der Waals surface area contributed by atoms with Gasteiger partial charge in [-0.2, -0.15) is 0 Å². The summed E-state index contributed by atoms with van der Waals surface area (Å²) in [6.07, 6.45) is 4.00. The third-order valence-electron chi connectivity index (χ3n) is 3.15. The summed E-state index contributed by atoms with van der Waals surface area (Å²) < 4.78 is 2.01. The monoisotopic (exact) mass is 314 g/mol. The molecule has 0 radical (unpaired) electrons. The van der Waals surface area contributed by atoms with Gasteiger partial charge in [0.2, 0.25) is 0 Å². The average Bonchev–Trinajstić information content (AvgIpc) is 3.13. The second kappa shape index (κ2) is 6.57. The third kappa shape index (κ3) is 3.43. The Morgan fingerprint density at radius 1 is 1.27 bits per heavy atom. The number of rotatable bonds is 4. The molecule has 0 aromatic carbocycles. The first-order valence-electron chi connectivity index (χ1n) is 7.03. The maximum atomic E-state index is 4.55. The third-order valence-corrected chi connectivity index (χ3v) is 4.11. The summed E-state index contributed by atoms with van der Waals surface area (Å²) in [7, 11) is 1.76. The van der Waals surface area contributed by atoms with Gasteiger partial charge in [0.05, 0.1) is 18.8 Å². The number of aliphatic imine (C=N–C) groups is 1. The van der Waals surface area contributed by atoms with E-state index in [2.05, 4.69) is 25.6 Å². The van der Waals surface area contributed by atoms with Gasteiger partial charge in [0.25, 0.3) is 0 Å². The summed E-state index contributed by atoms with van der Waals surface area (Å²) in [5.74, 6) is 0.741. The minimum atomic E-state index is 0.623. The van der Waals surface area contributed by atoms with Crippen LogP contribution < -0.4 is 10.6 Å². The largest absolute Gasteiger partial charge is 0.351 e. The van der Waals surface area contributed by atoms with Gasteiger partial charge in [0, 0.05) is 30.5 Å². The molecule has 22 heavy (non-hydrogen) atoms. The Kier molecular flexibility index (Phi) is 4.34. The van der Waals surface area contributed by atoms with Gasteiger partial charge in [-0.25, -0.2) is 9.97 Å². The number of hydrogen-bond donors (Lipinski definition) is 2. The molecule has 3 heterocycles. The first kappa shape index (κ1) is 14.5. The van der Waals surface area contributed by atoms with E-state index in [-0.39, 0.29) is 0 Å². The van der Waals surface area contributed by atoms with Crippen LogP contribution in [0.25, 0.3) is 5.65 Å². The molecular weight excluding hydrogens is 296 g/mol. The van der Waals surface area contributed by atoms with Crippen LogP contribution in [0.1, 0.15) is 16.4 Å². The molecule has 0 fully saturated rings. The number of aromatic nitrogens is 3. The zero-order valence-corrected chi connectivity index (χ0v) is 13.4. The second-order valence-corrected chi connectivity index (χ2v) is 5.80. The lowest BCUT2D eigenvalue weighted by atomic mass is 10.5. The molecule has 0 aliphatic heterocycles. The Balaban J connectivity index is 1.56. The van der Waals surface area contributed by atoms with Crippen molar-refractivity contribution in [1.82, 2.24) is 25.0 Å². The molecule has 0 bridgehead atoms. The predicted octanol–water partition coefficient (Wildman–Crippen LogP) is 1.96. The van der Waals surface area contributed by atoms with E-state index in [9.17, 15) is 0 Å². The Morgan fingerprint density at radius 2 is 2.14 bits per heavy atom. The number of fused-ring (bicyclic) bond motifs is 1. The molecule has 3 aromatic heterocycles. The summed E-state index contributed by atoms with van der Waals surface area (Å²) in [6, 6.07) is 5.96. The van der Waals surface area contributed by atoms with E-state index in [0.29, 0.717) is 13.1 Å². The molecule has 0 atom stereocenters. The number of thiazole rings is 1. The highest BCUT2D eigenvalue weighted by molar-refractivity contribution is 7.09. The maximum absolute atomic E-state index is 4.55. The Morgan fingerprint density at radius 3 is 2.86 bits per heavy atom. The van der Waals surface area contributed by atoms with Gasteiger partial charge in [-0.1, -0.05) is 6.07 Å². The lowest BCUT2D eigenvalue weighted by Crippen LogP contribution is -2.36. The van der Waals surface area contributed by atoms with Crippen molar-refractivity contribution in [3.05, 3.63) is 52.4 Å². The maximum Gasteiger partial charge on any atom is 0.191 e. The fraction of sp³-hybridized carbons (Fsp3) is 0.267. The molecule has 0 amide bonds. The molecule has 2 N–H and O–H groups in total. The molecule has 0 saturated heterocycles. The summed E-state index contributed by atoms with van der Waals surface area (Å²) >= 11 is 1.65. The summed E-state index contributed by atoms with van der Waals surface area (Å²) in [5.41, 5.74) is 2.97. The van der Waals surface area contributed by atoms with E-state index in [1.807, 2.05) is 47.3 Å². The normalized spacial score (nSPS) is 11.8. The van der Waals surface area contributed by atoms with Crippen LogP contribution in [0.4, 0.5) is 0 Å². The average molecular weight is 314 g/mol. The summed E-state index contributed by atoms with van der Waals surface area (Å²) in [4.78, 5) is 13.2. The van der Waals surface area contributed by atoms with Gasteiger partial charge in [-0.3, -0.25) is 4.99 Å². The molecule has 3 rings (SSSR count). The summed E-state index contributed by atoms with van der Waals surface area (Å²) in [5, 5.41) is 9.61. The minimum absolute atomic E-state index is 0.623. The number of nitrogens with zero attached hydrogens (tertiary/aromatic N) is 4. The van der Waals surface area contributed by atoms with Crippen LogP contribution in [0.15, 0.2) is 41.0 Å². The van der Waals surface area contributed by atoms with Crippen molar-refractivity contribution < 1.29 is 0 Å². The zero-order valence-electron chi connectivity index (χ0n) is 12.6. The number of aryl methyl sites for hydroxylation is 1. The number of nitrogens with one attached hydrogen (secondary N) is 2. The molecule has 114 valence electrons. The molecule has 0 aliphatic carbocycles. The van der Waals surface area contributed by atoms with Gasteiger partial charge in [-0.15, -0.1) is 11.3 Å². The molecule has 0 saturated carbocycles. The van der Waals surface area contributed by atoms with Crippen LogP contribution in [0, 0.1) is 6.92 Å². The fourth-order valence-corrected chi connectivity index (χ4v) is 2.82. The predicted molar refractivity (Wildman–Crippen MR) is 89.1 cm³/mol. The van der Waals surface area contributed by atoms with E-state index in [0.717, 1.165) is 28.0 Å². The topological polar surface area (TPSA) is 66.6 Å². The van der Waals surface area contributed by atoms with Crippen LogP contribution in [-0.2, 0) is 13.1 Å². The first-order chi connectivity index (χ1) is 10.7. The van der Waals surface area contributed by atoms with Gasteiger partial charge in [0.1, 0.15) is 10.7 Å². The smallest absolute Gasteiger partial charge is 0.191 e. The quantitative estimate of drug-likeness (QED) is 0.571. The van der Waals surface area contributed by atoms with Gasteiger partial charge in [-0.05, 0) is 19.1 Å². The lowest BCUT2D eigenvalue weighted by Gasteiger charge is -2.09. The van der Waals surface area contributed by atoms with Crippen LogP contribution in [0.3, 0.4) is 0 Å². The zero-order chi connectivity index (χ0) is 15.4. The van der Waals surface area contributed by atoms with E-state index < -0.39 is 0 Å². The van der Waals surface area contributed by atoms with Gasteiger partial charge < -0.3 is 15.0 Å². The Bertz CT molecular complexity index is 755.